The Kier molecular flexibility index (Phi) is 10.1. The monoisotopic (exact) mass is 480 g/mol. The molecule has 0 aliphatic heterocycles. The largest absolute Gasteiger partial charge is 0.491 e. The van der Waals surface area contributed by atoms with Crippen LogP contribution in [0.2, 0.25) is 0 Å². The minimum atomic E-state index is -4.48. The highest BCUT2D eigenvalue weighted by Crippen LogP contribution is 2.31. The molecule has 1 aliphatic carbocycles. The summed E-state index contributed by atoms with van der Waals surface area (Å²) in [5.74, 6) is -1.45. The molecular formula is C26H31F3O5. The number of Topliss-reactive ketones (excluding diaryl/α,β-unsaturated/α-hetero) is 1. The Bertz CT molecular complexity index is 931. The molecule has 34 heavy (non-hydrogen) atoms. The van der Waals surface area contributed by atoms with Crippen molar-refractivity contribution >= 4 is 11.8 Å². The van der Waals surface area contributed by atoms with E-state index in [-0.39, 0.29) is 30.0 Å². The smallest absolute Gasteiger partial charge is 0.416 e. The van der Waals surface area contributed by atoms with Crippen LogP contribution in [0.4, 0.5) is 13.2 Å². The molecule has 5 nitrogen and oxygen atoms in total. The topological polar surface area (TPSA) is 83.8 Å². The standard InChI is InChI=1S/C26H31F3O5/c1-17(2)22(25(32)33)9-4-3-5-10-23-18(12-14-24(23)31)11-13-20(30)16-34-21-8-6-7-19(15-21)26(27,28)29/h3,5-8,11-13,15,17,20,22-23,30H,4,9-10,14,16H2,1-2H3,(H,32,33)/b5-3?,13-11+/t20-,22?,23-/m1/s1. The number of benzene rings is 1. The van der Waals surface area contributed by atoms with Crippen molar-refractivity contribution in [1.82, 2.24) is 0 Å². The number of carbonyl (C=O) groups excluding carboxylic acids is 1. The van der Waals surface area contributed by atoms with Crippen molar-refractivity contribution in [2.45, 2.75) is 51.8 Å². The number of hydrogen-bond donors (Lipinski definition) is 2. The van der Waals surface area contributed by atoms with Crippen molar-refractivity contribution in [2.75, 3.05) is 6.61 Å². The highest BCUT2D eigenvalue weighted by atomic mass is 19.4. The molecule has 0 saturated carbocycles. The molecule has 1 aromatic rings. The fourth-order valence-electron chi connectivity index (χ4n) is 3.73. The number of ketones is 1. The Labute approximate surface area is 197 Å². The van der Waals surface area contributed by atoms with Gasteiger partial charge in [0.25, 0.3) is 0 Å². The predicted molar refractivity (Wildman–Crippen MR) is 122 cm³/mol. The van der Waals surface area contributed by atoms with E-state index in [1.807, 2.05) is 26.0 Å². The molecule has 186 valence electrons. The van der Waals surface area contributed by atoms with Gasteiger partial charge in [-0.1, -0.05) is 50.3 Å². The fraction of sp³-hybridized carbons (Fsp3) is 0.462. The average molecular weight is 481 g/mol. The fourth-order valence-corrected chi connectivity index (χ4v) is 3.73. The van der Waals surface area contributed by atoms with Crippen LogP contribution >= 0.6 is 0 Å². The molecule has 0 fully saturated rings. The maximum atomic E-state index is 12.8. The summed E-state index contributed by atoms with van der Waals surface area (Å²) in [5.41, 5.74) is -0.0680. The molecule has 2 N–H and O–H groups in total. The van der Waals surface area contributed by atoms with Crippen molar-refractivity contribution in [3.63, 3.8) is 0 Å². The molecule has 0 heterocycles. The molecule has 0 bridgehead atoms. The van der Waals surface area contributed by atoms with Gasteiger partial charge in [-0.05, 0) is 49.0 Å². The van der Waals surface area contributed by atoms with E-state index in [2.05, 4.69) is 0 Å². The van der Waals surface area contributed by atoms with Crippen LogP contribution in [0.25, 0.3) is 0 Å². The average Bonchev–Trinajstić information content (AvgIpc) is 3.11. The number of carboxylic acid groups (broad SMARTS) is 1. The molecule has 8 heteroatoms. The summed E-state index contributed by atoms with van der Waals surface area (Å²) in [6.45, 7) is 3.52. The molecule has 0 aromatic heterocycles. The van der Waals surface area contributed by atoms with Crippen LogP contribution < -0.4 is 4.74 Å². The first-order valence-electron chi connectivity index (χ1n) is 11.3. The zero-order valence-corrected chi connectivity index (χ0v) is 19.3. The molecule has 0 spiro atoms. The van der Waals surface area contributed by atoms with Crippen LogP contribution in [0.5, 0.6) is 5.75 Å². The Hall–Kier alpha value is -2.87. The lowest BCUT2D eigenvalue weighted by molar-refractivity contribution is -0.143. The van der Waals surface area contributed by atoms with Crippen molar-refractivity contribution in [3.8, 4) is 5.75 Å². The maximum Gasteiger partial charge on any atom is 0.416 e. The third-order valence-electron chi connectivity index (χ3n) is 5.73. The summed E-state index contributed by atoms with van der Waals surface area (Å²) in [7, 11) is 0. The number of aliphatic hydroxyl groups excluding tert-OH is 1. The molecule has 0 amide bonds. The Morgan fingerprint density at radius 2 is 2.00 bits per heavy atom. The normalized spacial score (nSPS) is 18.6. The Morgan fingerprint density at radius 1 is 1.26 bits per heavy atom. The van der Waals surface area contributed by atoms with Gasteiger partial charge in [-0.3, -0.25) is 9.59 Å². The van der Waals surface area contributed by atoms with Gasteiger partial charge in [0.1, 0.15) is 24.2 Å². The Morgan fingerprint density at radius 3 is 2.65 bits per heavy atom. The minimum absolute atomic E-state index is 0.00292. The van der Waals surface area contributed by atoms with Crippen LogP contribution in [0.1, 0.15) is 45.1 Å². The van der Waals surface area contributed by atoms with Gasteiger partial charge in [0.05, 0.1) is 11.5 Å². The number of hydrogen-bond acceptors (Lipinski definition) is 4. The summed E-state index contributed by atoms with van der Waals surface area (Å²) in [4.78, 5) is 23.5. The van der Waals surface area contributed by atoms with Gasteiger partial charge in [-0.2, -0.15) is 13.2 Å². The predicted octanol–water partition coefficient (Wildman–Crippen LogP) is 5.60. The molecule has 0 saturated heterocycles. The van der Waals surface area contributed by atoms with Gasteiger partial charge >= 0.3 is 12.1 Å². The summed E-state index contributed by atoms with van der Waals surface area (Å²) >= 11 is 0. The number of halogens is 3. The zero-order valence-electron chi connectivity index (χ0n) is 19.3. The first-order valence-corrected chi connectivity index (χ1v) is 11.3. The lowest BCUT2D eigenvalue weighted by Crippen LogP contribution is -2.19. The second kappa shape index (κ2) is 12.6. The van der Waals surface area contributed by atoms with E-state index in [0.717, 1.165) is 17.7 Å². The molecule has 3 atom stereocenters. The highest BCUT2D eigenvalue weighted by molar-refractivity contribution is 5.89. The molecular weight excluding hydrogens is 449 g/mol. The first-order chi connectivity index (χ1) is 16.0. The maximum absolute atomic E-state index is 12.8. The third kappa shape index (κ3) is 8.48. The summed E-state index contributed by atoms with van der Waals surface area (Å²) in [6, 6.07) is 4.43. The number of aliphatic hydroxyl groups is 1. The van der Waals surface area contributed by atoms with Crippen molar-refractivity contribution < 1.29 is 37.7 Å². The number of carbonyl (C=O) groups is 2. The van der Waals surface area contributed by atoms with Gasteiger partial charge in [0.15, 0.2) is 0 Å². The second-order valence-corrected chi connectivity index (χ2v) is 8.66. The third-order valence-corrected chi connectivity index (χ3v) is 5.73. The van der Waals surface area contributed by atoms with Crippen LogP contribution in [-0.2, 0) is 15.8 Å². The summed E-state index contributed by atoms with van der Waals surface area (Å²) < 4.78 is 43.6. The van der Waals surface area contributed by atoms with E-state index < -0.39 is 29.7 Å². The Balaban J connectivity index is 1.85. The number of ether oxygens (including phenoxy) is 1. The van der Waals surface area contributed by atoms with Gasteiger partial charge in [0, 0.05) is 12.3 Å². The van der Waals surface area contributed by atoms with E-state index >= 15 is 0 Å². The second-order valence-electron chi connectivity index (χ2n) is 8.66. The van der Waals surface area contributed by atoms with Crippen LogP contribution in [0.3, 0.4) is 0 Å². The molecule has 1 aromatic carbocycles. The van der Waals surface area contributed by atoms with Gasteiger partial charge in [-0.15, -0.1) is 0 Å². The van der Waals surface area contributed by atoms with E-state index in [1.165, 1.54) is 18.2 Å². The SMILES string of the molecule is CC(C)C(CCC=CC[C@H]1C(=O)CC=C1/C=C/[C@@H](O)COc1cccc(C(F)(F)F)c1)C(=O)O. The van der Waals surface area contributed by atoms with E-state index in [4.69, 9.17) is 4.74 Å². The van der Waals surface area contributed by atoms with Crippen molar-refractivity contribution in [1.29, 1.82) is 0 Å². The van der Waals surface area contributed by atoms with E-state index in [9.17, 15) is 33.0 Å². The molecule has 1 aliphatic rings. The van der Waals surface area contributed by atoms with Gasteiger partial charge in [-0.25, -0.2) is 0 Å². The van der Waals surface area contributed by atoms with E-state index in [1.54, 1.807) is 12.2 Å². The number of rotatable bonds is 12. The summed E-state index contributed by atoms with van der Waals surface area (Å²) in [5, 5.41) is 19.4. The number of carboxylic acids is 1. The lowest BCUT2D eigenvalue weighted by Gasteiger charge is -2.14. The number of allylic oxidation sites excluding steroid dienone is 5. The zero-order chi connectivity index (χ0) is 25.3. The van der Waals surface area contributed by atoms with Crippen LogP contribution in [0, 0.1) is 17.8 Å². The first kappa shape index (κ1) is 27.4. The van der Waals surface area contributed by atoms with Crippen LogP contribution in [0.15, 0.2) is 60.2 Å². The summed E-state index contributed by atoms with van der Waals surface area (Å²) in [6.07, 6.45) is 5.02. The van der Waals surface area contributed by atoms with Gasteiger partial charge in [0.2, 0.25) is 0 Å². The van der Waals surface area contributed by atoms with Crippen molar-refractivity contribution in [2.24, 2.45) is 17.8 Å². The molecule has 1 unspecified atom stereocenters. The molecule has 2 rings (SSSR count). The number of alkyl halides is 3. The number of aliphatic carboxylic acids is 1. The minimum Gasteiger partial charge on any atom is -0.491 e. The van der Waals surface area contributed by atoms with Gasteiger partial charge < -0.3 is 14.9 Å². The van der Waals surface area contributed by atoms with E-state index in [0.29, 0.717) is 25.7 Å². The molecule has 0 radical (unpaired) electrons. The van der Waals surface area contributed by atoms with Crippen molar-refractivity contribution in [3.05, 3.63) is 65.8 Å². The quantitative estimate of drug-likeness (QED) is 0.381. The lowest BCUT2D eigenvalue weighted by atomic mass is 9.91. The highest BCUT2D eigenvalue weighted by Gasteiger charge is 2.30. The van der Waals surface area contributed by atoms with Crippen LogP contribution in [-0.4, -0.2) is 34.7 Å².